The van der Waals surface area contributed by atoms with E-state index in [2.05, 4.69) is 39.4 Å². The van der Waals surface area contributed by atoms with E-state index in [0.717, 1.165) is 40.7 Å². The van der Waals surface area contributed by atoms with E-state index in [9.17, 15) is 4.79 Å². The molecule has 1 amide bonds. The van der Waals surface area contributed by atoms with Gasteiger partial charge in [0.15, 0.2) is 6.20 Å². The summed E-state index contributed by atoms with van der Waals surface area (Å²) in [4.78, 5) is 17.8. The Morgan fingerprint density at radius 2 is 2.07 bits per heavy atom. The number of nitrogens with one attached hydrogen (secondary N) is 3. The van der Waals surface area contributed by atoms with E-state index in [1.54, 1.807) is 6.20 Å². The molecule has 27 heavy (non-hydrogen) atoms. The summed E-state index contributed by atoms with van der Waals surface area (Å²) in [6.45, 7) is 4.17. The highest BCUT2D eigenvalue weighted by Crippen LogP contribution is 2.27. The minimum absolute atomic E-state index is 0.0114. The fourth-order valence-electron chi connectivity index (χ4n) is 3.04. The van der Waals surface area contributed by atoms with Crippen LogP contribution in [0, 0.1) is 0 Å². The molecule has 0 bridgehead atoms. The molecule has 0 atom stereocenters. The van der Waals surface area contributed by atoms with Crippen LogP contribution in [0.1, 0.15) is 36.4 Å². The van der Waals surface area contributed by atoms with Crippen LogP contribution in [0.15, 0.2) is 42.4 Å². The van der Waals surface area contributed by atoms with Gasteiger partial charge in [0.25, 0.3) is 5.91 Å². The quantitative estimate of drug-likeness (QED) is 0.448. The monoisotopic (exact) mass is 381 g/mol. The highest BCUT2D eigenvalue weighted by Gasteiger charge is 2.20. The molecule has 0 radical (unpaired) electrons. The first-order valence-electron chi connectivity index (χ1n) is 8.97. The van der Waals surface area contributed by atoms with Gasteiger partial charge in [-0.2, -0.15) is 5.10 Å². The lowest BCUT2D eigenvalue weighted by molar-refractivity contribution is -0.578. The van der Waals surface area contributed by atoms with Gasteiger partial charge >= 0.3 is 5.65 Å². The normalized spacial score (nSPS) is 11.4. The molecule has 0 unspecified atom stereocenters. The number of thiophene rings is 1. The van der Waals surface area contributed by atoms with Crippen molar-refractivity contribution in [3.8, 4) is 22.3 Å². The summed E-state index contributed by atoms with van der Waals surface area (Å²) in [6, 6.07) is 2.15. The number of H-pyrrole nitrogens is 2. The second-order valence-electron chi connectivity index (χ2n) is 6.40. The summed E-state index contributed by atoms with van der Waals surface area (Å²) in [5.41, 5.74) is 4.70. The first kappa shape index (κ1) is 17.4. The third kappa shape index (κ3) is 3.35. The van der Waals surface area contributed by atoms with Crippen LogP contribution < -0.4 is 9.83 Å². The third-order valence-corrected chi connectivity index (χ3v) is 5.63. The van der Waals surface area contributed by atoms with E-state index >= 15 is 0 Å². The summed E-state index contributed by atoms with van der Waals surface area (Å²) in [5, 5.41) is 15.1. The number of amides is 1. The number of hydrogen-bond donors (Lipinski definition) is 3. The van der Waals surface area contributed by atoms with Gasteiger partial charge in [0, 0.05) is 23.4 Å². The van der Waals surface area contributed by atoms with Crippen LogP contribution in [-0.2, 0) is 0 Å². The molecule has 4 rings (SSSR count). The topological polar surface area (TPSA) is 90.6 Å². The maximum Gasteiger partial charge on any atom is 0.355 e. The van der Waals surface area contributed by atoms with E-state index in [4.69, 9.17) is 0 Å². The molecule has 0 aliphatic carbocycles. The van der Waals surface area contributed by atoms with E-state index in [0.29, 0.717) is 4.88 Å². The molecule has 0 fully saturated rings. The van der Waals surface area contributed by atoms with Crippen molar-refractivity contribution in [2.45, 2.75) is 32.7 Å². The average molecular weight is 381 g/mol. The Morgan fingerprint density at radius 3 is 2.81 bits per heavy atom. The van der Waals surface area contributed by atoms with Crippen LogP contribution in [0.5, 0.6) is 0 Å². The predicted octanol–water partition coefficient (Wildman–Crippen LogP) is 3.19. The Balaban J connectivity index is 1.61. The summed E-state index contributed by atoms with van der Waals surface area (Å²) in [6.07, 6.45) is 11.2. The molecule has 4 aromatic rings. The van der Waals surface area contributed by atoms with Gasteiger partial charge in [-0.15, -0.1) is 15.9 Å². The van der Waals surface area contributed by atoms with Gasteiger partial charge in [0.05, 0.1) is 28.4 Å². The maximum absolute atomic E-state index is 12.5. The molecule has 0 aliphatic rings. The molecule has 138 valence electrons. The fourth-order valence-corrected chi connectivity index (χ4v) is 3.85. The first-order valence-corrected chi connectivity index (χ1v) is 9.85. The van der Waals surface area contributed by atoms with Crippen molar-refractivity contribution in [3.05, 3.63) is 47.3 Å². The fraction of sp³-hybridized carbons (Fsp3) is 0.263. The van der Waals surface area contributed by atoms with Gasteiger partial charge in [0.2, 0.25) is 0 Å². The van der Waals surface area contributed by atoms with Crippen LogP contribution in [0.4, 0.5) is 0 Å². The van der Waals surface area contributed by atoms with E-state index < -0.39 is 0 Å². The van der Waals surface area contributed by atoms with Crippen LogP contribution in [0.3, 0.4) is 0 Å². The highest BCUT2D eigenvalue weighted by molar-refractivity contribution is 7.12. The molecule has 3 N–H and O–H groups in total. The minimum Gasteiger partial charge on any atom is -0.349 e. The van der Waals surface area contributed by atoms with Gasteiger partial charge in [-0.1, -0.05) is 13.8 Å². The number of hydrogen-bond acceptors (Lipinski definition) is 4. The summed E-state index contributed by atoms with van der Waals surface area (Å²) >= 11 is 1.45. The van der Waals surface area contributed by atoms with Crippen LogP contribution >= 0.6 is 11.3 Å². The SMILES string of the molecule is CCC(CC)NC(=O)c1cc(-c2c[nH][n+]3cc(-c4cn[nH]c4)cnc23)cs1. The number of nitrogens with zero attached hydrogens (tertiary/aromatic N) is 3. The zero-order chi connectivity index (χ0) is 18.8. The molecular weight excluding hydrogens is 360 g/mol. The molecule has 8 heteroatoms. The van der Waals surface area contributed by atoms with Gasteiger partial charge in [-0.05, 0) is 29.3 Å². The van der Waals surface area contributed by atoms with Gasteiger partial charge in [-0.3, -0.25) is 9.89 Å². The van der Waals surface area contributed by atoms with Gasteiger partial charge in [0.1, 0.15) is 6.20 Å². The van der Waals surface area contributed by atoms with Crippen LogP contribution in [-0.4, -0.2) is 32.2 Å². The van der Waals surface area contributed by atoms with Crippen molar-refractivity contribution >= 4 is 22.9 Å². The molecule has 0 spiro atoms. The average Bonchev–Trinajstić information content (AvgIpc) is 3.45. The Hall–Kier alpha value is -3.00. The number of aromatic amines is 2. The lowest BCUT2D eigenvalue weighted by atomic mass is 10.1. The Kier molecular flexibility index (Phi) is 4.72. The molecule has 4 heterocycles. The highest BCUT2D eigenvalue weighted by atomic mass is 32.1. The standard InChI is InChI=1S/C19H20N6OS/c1-3-15(4-2)24-19(26)17-5-12(11-27-17)16-9-23-25-10-14(6-20-18(16)25)13-7-21-22-8-13/h5-11,15H,3-4H2,1-2H3,(H2,21,22,24,26)/p+1. The lowest BCUT2D eigenvalue weighted by Gasteiger charge is -2.13. The largest absolute Gasteiger partial charge is 0.355 e. The van der Waals surface area contributed by atoms with E-state index in [1.807, 2.05) is 40.7 Å². The smallest absolute Gasteiger partial charge is 0.349 e. The van der Waals surface area contributed by atoms with Crippen molar-refractivity contribution in [2.24, 2.45) is 0 Å². The van der Waals surface area contributed by atoms with Crippen molar-refractivity contribution in [3.63, 3.8) is 0 Å². The predicted molar refractivity (Wildman–Crippen MR) is 104 cm³/mol. The molecular formula is C19H21N6OS+. The van der Waals surface area contributed by atoms with E-state index in [1.165, 1.54) is 11.3 Å². The Bertz CT molecular complexity index is 1060. The number of carbonyl (C=O) groups is 1. The second-order valence-corrected chi connectivity index (χ2v) is 7.31. The zero-order valence-electron chi connectivity index (χ0n) is 15.2. The minimum atomic E-state index is -0.0114. The Labute approximate surface area is 160 Å². The van der Waals surface area contributed by atoms with Gasteiger partial charge in [-0.25, -0.2) is 5.10 Å². The van der Waals surface area contributed by atoms with Crippen molar-refractivity contribution in [2.75, 3.05) is 0 Å². The van der Waals surface area contributed by atoms with Crippen molar-refractivity contribution in [1.82, 2.24) is 25.6 Å². The van der Waals surface area contributed by atoms with E-state index in [-0.39, 0.29) is 11.9 Å². The Morgan fingerprint density at radius 1 is 1.22 bits per heavy atom. The molecule has 0 saturated heterocycles. The second kappa shape index (κ2) is 7.32. The summed E-state index contributed by atoms with van der Waals surface area (Å²) in [5.74, 6) is -0.0114. The number of carbonyl (C=O) groups excluding carboxylic acids is 1. The van der Waals surface area contributed by atoms with Crippen LogP contribution in [0.25, 0.3) is 27.9 Å². The molecule has 0 aliphatic heterocycles. The summed E-state index contributed by atoms with van der Waals surface area (Å²) in [7, 11) is 0. The van der Waals surface area contributed by atoms with Crippen molar-refractivity contribution in [1.29, 1.82) is 0 Å². The number of fused-ring (bicyclic) bond motifs is 1. The molecule has 0 saturated carbocycles. The first-order chi connectivity index (χ1) is 13.2. The lowest BCUT2D eigenvalue weighted by Crippen LogP contribution is -2.33. The third-order valence-electron chi connectivity index (χ3n) is 4.70. The number of aromatic nitrogens is 5. The van der Waals surface area contributed by atoms with Crippen molar-refractivity contribution < 1.29 is 9.31 Å². The maximum atomic E-state index is 12.5. The van der Waals surface area contributed by atoms with Crippen LogP contribution in [0.2, 0.25) is 0 Å². The molecule has 0 aromatic carbocycles. The zero-order valence-corrected chi connectivity index (χ0v) is 16.0. The summed E-state index contributed by atoms with van der Waals surface area (Å²) < 4.78 is 1.87. The molecule has 7 nitrogen and oxygen atoms in total. The van der Waals surface area contributed by atoms with Gasteiger partial charge < -0.3 is 5.32 Å². The molecule has 4 aromatic heterocycles. The number of rotatable bonds is 6.